The van der Waals surface area contributed by atoms with Crippen LogP contribution < -0.4 is 10.1 Å². The van der Waals surface area contributed by atoms with Crippen molar-refractivity contribution in [2.24, 2.45) is 5.92 Å². The summed E-state index contributed by atoms with van der Waals surface area (Å²) < 4.78 is 5.02. The number of hydrogen-bond donors (Lipinski definition) is 1. The number of rotatable bonds is 6. The van der Waals surface area contributed by atoms with Gasteiger partial charge in [0.25, 0.3) is 0 Å². The van der Waals surface area contributed by atoms with Gasteiger partial charge >= 0.3 is 0 Å². The summed E-state index contributed by atoms with van der Waals surface area (Å²) in [6, 6.07) is 0.305. The van der Waals surface area contributed by atoms with Crippen LogP contribution in [0.15, 0.2) is 12.4 Å². The number of methoxy groups -OCH3 is 1. The molecule has 16 heavy (non-hydrogen) atoms. The monoisotopic (exact) mass is 243 g/mol. The van der Waals surface area contributed by atoms with Crippen molar-refractivity contribution in [2.45, 2.75) is 26.3 Å². The summed E-state index contributed by atoms with van der Waals surface area (Å²) in [4.78, 5) is 8.30. The third kappa shape index (κ3) is 3.85. The average Bonchev–Trinajstić information content (AvgIpc) is 2.28. The second kappa shape index (κ2) is 6.53. The first-order valence-corrected chi connectivity index (χ1v) is 5.89. The Hall–Kier alpha value is -1.03. The molecule has 0 aliphatic rings. The lowest BCUT2D eigenvalue weighted by Crippen LogP contribution is -2.26. The topological polar surface area (TPSA) is 47.0 Å². The zero-order valence-electron chi connectivity index (χ0n) is 9.90. The van der Waals surface area contributed by atoms with Gasteiger partial charge in [0.2, 0.25) is 5.88 Å². The largest absolute Gasteiger partial charge is 0.480 e. The number of hydrogen-bond acceptors (Lipinski definition) is 4. The Labute approximate surface area is 101 Å². The van der Waals surface area contributed by atoms with Crippen molar-refractivity contribution in [3.8, 4) is 5.88 Å². The minimum atomic E-state index is 0.305. The van der Waals surface area contributed by atoms with E-state index in [2.05, 4.69) is 29.1 Å². The van der Waals surface area contributed by atoms with Crippen molar-refractivity contribution in [3.63, 3.8) is 0 Å². The normalized spacial score (nSPS) is 12.6. The molecular weight excluding hydrogens is 226 g/mol. The first-order chi connectivity index (χ1) is 7.67. The Kier molecular flexibility index (Phi) is 5.32. The molecule has 0 aliphatic carbocycles. The molecule has 0 bridgehead atoms. The fourth-order valence-electron chi connectivity index (χ4n) is 1.40. The lowest BCUT2D eigenvalue weighted by Gasteiger charge is -2.21. The van der Waals surface area contributed by atoms with Gasteiger partial charge in [-0.15, -0.1) is 11.6 Å². The molecule has 5 heteroatoms. The van der Waals surface area contributed by atoms with Gasteiger partial charge in [-0.1, -0.05) is 13.8 Å². The molecule has 0 saturated carbocycles. The Morgan fingerprint density at radius 3 is 2.75 bits per heavy atom. The highest BCUT2D eigenvalue weighted by molar-refractivity contribution is 6.17. The molecule has 1 heterocycles. The predicted molar refractivity (Wildman–Crippen MR) is 66.2 cm³/mol. The van der Waals surface area contributed by atoms with Gasteiger partial charge in [0, 0.05) is 11.9 Å². The third-order valence-electron chi connectivity index (χ3n) is 2.38. The summed E-state index contributed by atoms with van der Waals surface area (Å²) in [5, 5.41) is 3.32. The number of nitrogens with one attached hydrogen (secondary N) is 1. The second-order valence-electron chi connectivity index (χ2n) is 3.92. The first-order valence-electron chi connectivity index (χ1n) is 5.36. The van der Waals surface area contributed by atoms with Crippen molar-refractivity contribution >= 4 is 17.4 Å². The molecule has 0 aliphatic heterocycles. The van der Waals surface area contributed by atoms with Crippen LogP contribution in [0.3, 0.4) is 0 Å². The number of ether oxygens (including phenoxy) is 1. The summed E-state index contributed by atoms with van der Waals surface area (Å²) in [5.41, 5.74) is 0. The summed E-state index contributed by atoms with van der Waals surface area (Å²) in [5.74, 6) is 2.36. The minimum Gasteiger partial charge on any atom is -0.480 e. The molecule has 1 aromatic rings. The van der Waals surface area contributed by atoms with Gasteiger partial charge in [0.1, 0.15) is 5.82 Å². The quantitative estimate of drug-likeness (QED) is 0.780. The number of aromatic nitrogens is 2. The van der Waals surface area contributed by atoms with Crippen LogP contribution in [0.2, 0.25) is 0 Å². The molecule has 90 valence electrons. The van der Waals surface area contributed by atoms with E-state index < -0.39 is 0 Å². The maximum Gasteiger partial charge on any atom is 0.233 e. The Bertz CT molecular complexity index is 320. The minimum absolute atomic E-state index is 0.305. The molecule has 1 rings (SSSR count). The van der Waals surface area contributed by atoms with Gasteiger partial charge in [-0.3, -0.25) is 4.98 Å². The van der Waals surface area contributed by atoms with Crippen LogP contribution in [0, 0.1) is 5.92 Å². The Balaban J connectivity index is 2.68. The molecule has 4 nitrogen and oxygen atoms in total. The smallest absolute Gasteiger partial charge is 0.233 e. The Morgan fingerprint density at radius 1 is 1.44 bits per heavy atom. The average molecular weight is 244 g/mol. The number of alkyl halides is 1. The molecule has 0 saturated heterocycles. The Morgan fingerprint density at radius 2 is 2.19 bits per heavy atom. The molecule has 1 aromatic heterocycles. The molecule has 0 spiro atoms. The fraction of sp³-hybridized carbons (Fsp3) is 0.636. The van der Waals surface area contributed by atoms with Crippen molar-refractivity contribution in [1.29, 1.82) is 0 Å². The summed E-state index contributed by atoms with van der Waals surface area (Å²) >= 11 is 5.76. The summed E-state index contributed by atoms with van der Waals surface area (Å²) in [6.45, 7) is 4.30. The molecule has 1 N–H and O–H groups in total. The van der Waals surface area contributed by atoms with E-state index in [4.69, 9.17) is 16.3 Å². The molecule has 1 atom stereocenters. The lowest BCUT2D eigenvalue weighted by molar-refractivity contribution is 0.395. The number of nitrogens with zero attached hydrogens (tertiary/aromatic N) is 2. The molecule has 0 aromatic carbocycles. The van der Waals surface area contributed by atoms with E-state index >= 15 is 0 Å². The predicted octanol–water partition coefficient (Wildman–Crippen LogP) is 2.55. The van der Waals surface area contributed by atoms with Gasteiger partial charge in [-0.05, 0) is 12.3 Å². The number of halogens is 1. The van der Waals surface area contributed by atoms with Crippen LogP contribution in [0.4, 0.5) is 5.82 Å². The van der Waals surface area contributed by atoms with Gasteiger partial charge in [-0.25, -0.2) is 0 Å². The number of anilines is 1. The first kappa shape index (κ1) is 13.0. The van der Waals surface area contributed by atoms with Gasteiger partial charge in [-0.2, -0.15) is 4.98 Å². The van der Waals surface area contributed by atoms with E-state index in [0.29, 0.717) is 23.7 Å². The van der Waals surface area contributed by atoms with E-state index in [1.165, 1.54) is 0 Å². The molecule has 0 fully saturated rings. The van der Waals surface area contributed by atoms with E-state index in [1.807, 2.05) is 0 Å². The van der Waals surface area contributed by atoms with E-state index in [-0.39, 0.29) is 0 Å². The summed E-state index contributed by atoms with van der Waals surface area (Å²) in [7, 11) is 1.58. The van der Waals surface area contributed by atoms with Crippen molar-refractivity contribution in [2.75, 3.05) is 18.3 Å². The van der Waals surface area contributed by atoms with Crippen molar-refractivity contribution in [3.05, 3.63) is 12.4 Å². The highest BCUT2D eigenvalue weighted by atomic mass is 35.5. The van der Waals surface area contributed by atoms with Crippen LogP contribution in [0.5, 0.6) is 5.88 Å². The van der Waals surface area contributed by atoms with Gasteiger partial charge in [0.15, 0.2) is 0 Å². The molecule has 0 amide bonds. The van der Waals surface area contributed by atoms with E-state index in [0.717, 1.165) is 12.2 Å². The lowest BCUT2D eigenvalue weighted by atomic mass is 10.0. The maximum absolute atomic E-state index is 5.76. The van der Waals surface area contributed by atoms with E-state index in [9.17, 15) is 0 Å². The third-order valence-corrected chi connectivity index (χ3v) is 2.60. The molecule has 1 unspecified atom stereocenters. The summed E-state index contributed by atoms with van der Waals surface area (Å²) in [6.07, 6.45) is 4.17. The molecule has 0 radical (unpaired) electrons. The van der Waals surface area contributed by atoms with Crippen LogP contribution in [-0.2, 0) is 0 Å². The molecular formula is C11H18ClN3O. The second-order valence-corrected chi connectivity index (χ2v) is 4.30. The van der Waals surface area contributed by atoms with Gasteiger partial charge < -0.3 is 10.1 Å². The van der Waals surface area contributed by atoms with E-state index in [1.54, 1.807) is 19.5 Å². The van der Waals surface area contributed by atoms with Crippen LogP contribution >= 0.6 is 11.6 Å². The fourth-order valence-corrected chi connectivity index (χ4v) is 1.63. The SMILES string of the molecule is COc1cncc(NC(CCCl)C(C)C)n1. The van der Waals surface area contributed by atoms with Crippen molar-refractivity contribution in [1.82, 2.24) is 9.97 Å². The van der Waals surface area contributed by atoms with Gasteiger partial charge in [0.05, 0.1) is 19.5 Å². The zero-order chi connectivity index (χ0) is 12.0. The van der Waals surface area contributed by atoms with Crippen LogP contribution in [0.1, 0.15) is 20.3 Å². The van der Waals surface area contributed by atoms with Crippen LogP contribution in [-0.4, -0.2) is 29.0 Å². The standard InChI is InChI=1S/C11H18ClN3O/c1-8(2)9(4-5-12)14-10-6-13-7-11(15-10)16-3/h6-9H,4-5H2,1-3H3,(H,14,15). The maximum atomic E-state index is 5.76. The highest BCUT2D eigenvalue weighted by Crippen LogP contribution is 2.15. The zero-order valence-corrected chi connectivity index (χ0v) is 10.7. The van der Waals surface area contributed by atoms with Crippen molar-refractivity contribution < 1.29 is 4.74 Å². The van der Waals surface area contributed by atoms with Crippen LogP contribution in [0.25, 0.3) is 0 Å². The highest BCUT2D eigenvalue weighted by Gasteiger charge is 2.13.